The van der Waals surface area contributed by atoms with E-state index in [1.54, 1.807) is 0 Å². The zero-order chi connectivity index (χ0) is 8.58. The van der Waals surface area contributed by atoms with E-state index in [4.69, 9.17) is 0 Å². The third kappa shape index (κ3) is 1.56. The molecule has 0 saturated heterocycles. The molecule has 0 bridgehead atoms. The summed E-state index contributed by atoms with van der Waals surface area (Å²) in [5.74, 6) is 0. The highest BCUT2D eigenvalue weighted by molar-refractivity contribution is 6.33. The van der Waals surface area contributed by atoms with Gasteiger partial charge in [0.1, 0.15) is 0 Å². The molecule has 0 fully saturated rings. The van der Waals surface area contributed by atoms with Crippen LogP contribution in [0.25, 0.3) is 0 Å². The Kier molecular flexibility index (Phi) is 2.24. The van der Waals surface area contributed by atoms with Crippen molar-refractivity contribution in [2.75, 3.05) is 0 Å². The number of halogens is 6. The van der Waals surface area contributed by atoms with Crippen molar-refractivity contribution in [1.82, 2.24) is 0 Å². The Morgan fingerprint density at radius 2 is 1.50 bits per heavy atom. The minimum absolute atomic E-state index is 3.26. The zero-order valence-electron chi connectivity index (χ0n) is 4.18. The van der Waals surface area contributed by atoms with E-state index in [9.17, 15) is 26.7 Å². The Morgan fingerprint density at radius 3 is 1.50 bits per heavy atom. The molecule has 0 unspecified atom stereocenters. The van der Waals surface area contributed by atoms with E-state index >= 15 is 0 Å². The molecule has 7 heteroatoms. The Morgan fingerprint density at radius 1 is 1.20 bits per heavy atom. The molecule has 0 N–H and O–H groups in total. The van der Waals surface area contributed by atoms with Crippen molar-refractivity contribution in [1.29, 1.82) is 0 Å². The Labute approximate surface area is 56.8 Å². The van der Waals surface area contributed by atoms with Gasteiger partial charge in [0.2, 0.25) is 0 Å². The maximum absolute atomic E-state index is 11.6. The van der Waals surface area contributed by atoms with Crippen LogP contribution in [0.2, 0.25) is 0 Å². The quantitative estimate of drug-likeness (QED) is 0.344. The van der Waals surface area contributed by atoms with Crippen LogP contribution in [-0.4, -0.2) is 17.3 Å². The van der Waals surface area contributed by atoms with Gasteiger partial charge in [0.25, 0.3) is 0 Å². The van der Waals surface area contributed by atoms with E-state index in [1.165, 1.54) is 0 Å². The van der Waals surface area contributed by atoms with Gasteiger partial charge in [0.05, 0.1) is 0 Å². The van der Waals surface area contributed by atoms with Gasteiger partial charge in [-0.1, -0.05) is 11.6 Å². The van der Waals surface area contributed by atoms with Gasteiger partial charge in [0.15, 0.2) is 0 Å². The number of hydrogen-bond donors (Lipinski definition) is 0. The predicted octanol–water partition coefficient (Wildman–Crippen LogP) is 1.95. The molecular weight excluding hydrogens is 182 g/mol. The average molecular weight is 182 g/mol. The highest BCUT2D eigenvalue weighted by atomic mass is 35.5. The summed E-state index contributed by atoms with van der Waals surface area (Å²) in [5, 5.41) is -4.90. The lowest BCUT2D eigenvalue weighted by Crippen LogP contribution is -2.40. The molecular formula is C3ClF5O. The molecule has 0 aromatic carbocycles. The highest BCUT2D eigenvalue weighted by Crippen LogP contribution is 2.38. The maximum atomic E-state index is 11.6. The number of hydrogen-bond acceptors (Lipinski definition) is 1. The number of alkyl halides is 5. The van der Waals surface area contributed by atoms with Crippen LogP contribution in [0.15, 0.2) is 0 Å². The van der Waals surface area contributed by atoms with Crippen molar-refractivity contribution in [3.63, 3.8) is 0 Å². The van der Waals surface area contributed by atoms with Gasteiger partial charge in [0, 0.05) is 0 Å². The summed E-state index contributed by atoms with van der Waals surface area (Å²) in [6.07, 6.45) is -5.71. The van der Waals surface area contributed by atoms with E-state index in [0.29, 0.717) is 0 Å². The van der Waals surface area contributed by atoms with Gasteiger partial charge in [-0.25, -0.2) is 4.39 Å². The van der Waals surface area contributed by atoms with Crippen LogP contribution in [0.5, 0.6) is 0 Å². The van der Waals surface area contributed by atoms with E-state index in [1.807, 2.05) is 0 Å². The molecule has 0 saturated carbocycles. The molecule has 60 valence electrons. The first kappa shape index (κ1) is 9.61. The fourth-order valence-electron chi connectivity index (χ4n) is 0.111. The number of carbonyl (C=O) groups excluding carboxylic acids is 1. The molecule has 0 aliphatic heterocycles. The van der Waals surface area contributed by atoms with E-state index in [-0.39, 0.29) is 0 Å². The predicted molar refractivity (Wildman–Crippen MR) is 21.9 cm³/mol. The highest BCUT2D eigenvalue weighted by Gasteiger charge is 2.61. The summed E-state index contributed by atoms with van der Waals surface area (Å²) in [6, 6.07) is -3.26. The average Bonchev–Trinajstić information content (AvgIpc) is 1.62. The number of carbonyl (C=O) groups is 1. The molecule has 0 spiro atoms. The molecule has 0 rings (SSSR count). The second-order valence-electron chi connectivity index (χ2n) is 1.35. The number of rotatable bonds is 1. The molecule has 0 heterocycles. The van der Waals surface area contributed by atoms with Crippen LogP contribution in [0.1, 0.15) is 0 Å². The molecule has 10 heavy (non-hydrogen) atoms. The fourth-order valence-corrected chi connectivity index (χ4v) is 0.111. The maximum Gasteiger partial charge on any atom is 0.447 e. The lowest BCUT2D eigenvalue weighted by molar-refractivity contribution is -0.205. The summed E-state index contributed by atoms with van der Waals surface area (Å²) >= 11 is 3.83. The Hall–Kier alpha value is -0.390. The largest absolute Gasteiger partial charge is 0.447 e. The summed E-state index contributed by atoms with van der Waals surface area (Å²) in [4.78, 5) is 9.22. The van der Waals surface area contributed by atoms with Gasteiger partial charge < -0.3 is 0 Å². The van der Waals surface area contributed by atoms with Crippen LogP contribution in [-0.2, 0) is 4.79 Å². The third-order valence-electron chi connectivity index (χ3n) is 0.603. The molecule has 0 aliphatic rings. The first-order valence-corrected chi connectivity index (χ1v) is 2.22. The SMILES string of the molecule is O=C(F)[C@@](F)(Cl)C(F)(F)F. The summed E-state index contributed by atoms with van der Waals surface area (Å²) in [5.41, 5.74) is 0. The zero-order valence-corrected chi connectivity index (χ0v) is 4.93. The van der Waals surface area contributed by atoms with Crippen molar-refractivity contribution >= 4 is 17.6 Å². The topological polar surface area (TPSA) is 17.1 Å². The van der Waals surface area contributed by atoms with E-state index in [0.717, 1.165) is 0 Å². The smallest absolute Gasteiger partial charge is 0.255 e. The van der Waals surface area contributed by atoms with Crippen molar-refractivity contribution in [2.24, 2.45) is 0 Å². The first-order chi connectivity index (χ1) is 4.19. The van der Waals surface area contributed by atoms with Gasteiger partial charge >= 0.3 is 17.3 Å². The second-order valence-corrected chi connectivity index (χ2v) is 1.87. The molecule has 1 atom stereocenters. The lowest BCUT2D eigenvalue weighted by atomic mass is 10.4. The lowest BCUT2D eigenvalue weighted by Gasteiger charge is -2.14. The minimum atomic E-state index is -5.71. The van der Waals surface area contributed by atoms with Crippen molar-refractivity contribution in [3.05, 3.63) is 0 Å². The van der Waals surface area contributed by atoms with Crippen molar-refractivity contribution in [2.45, 2.75) is 11.3 Å². The van der Waals surface area contributed by atoms with Crippen LogP contribution in [0.3, 0.4) is 0 Å². The van der Waals surface area contributed by atoms with Gasteiger partial charge in [-0.05, 0) is 0 Å². The van der Waals surface area contributed by atoms with Crippen LogP contribution < -0.4 is 0 Å². The van der Waals surface area contributed by atoms with Gasteiger partial charge in [-0.15, -0.1) is 0 Å². The summed E-state index contributed by atoms with van der Waals surface area (Å²) in [7, 11) is 0. The van der Waals surface area contributed by atoms with Crippen LogP contribution in [0, 0.1) is 0 Å². The summed E-state index contributed by atoms with van der Waals surface area (Å²) < 4.78 is 56.1. The molecule has 0 aliphatic carbocycles. The molecule has 1 nitrogen and oxygen atoms in total. The van der Waals surface area contributed by atoms with Crippen molar-refractivity contribution in [3.8, 4) is 0 Å². The van der Waals surface area contributed by atoms with E-state index in [2.05, 4.69) is 11.6 Å². The van der Waals surface area contributed by atoms with Crippen molar-refractivity contribution < 1.29 is 26.7 Å². The van der Waals surface area contributed by atoms with Crippen LogP contribution >= 0.6 is 11.6 Å². The molecule has 0 radical (unpaired) electrons. The minimum Gasteiger partial charge on any atom is -0.255 e. The van der Waals surface area contributed by atoms with Gasteiger partial charge in [-0.2, -0.15) is 17.6 Å². The Bertz CT molecular complexity index is 149. The Balaban J connectivity index is 4.57. The first-order valence-electron chi connectivity index (χ1n) is 1.84. The standard InChI is InChI=1S/C3ClF5O/c4-2(6,1(5)10)3(7,8)9/t2-/m0/s1. The third-order valence-corrected chi connectivity index (χ3v) is 0.966. The second kappa shape index (κ2) is 2.34. The summed E-state index contributed by atoms with van der Waals surface area (Å²) in [6.45, 7) is 0. The van der Waals surface area contributed by atoms with Gasteiger partial charge in [-0.3, -0.25) is 4.79 Å². The van der Waals surface area contributed by atoms with Crippen LogP contribution in [0.4, 0.5) is 22.0 Å². The van der Waals surface area contributed by atoms with E-state index < -0.39 is 17.3 Å². The molecule has 0 aromatic rings. The molecule has 0 aromatic heterocycles. The normalized spacial score (nSPS) is 18.2. The fraction of sp³-hybridized carbons (Fsp3) is 0.667. The monoisotopic (exact) mass is 182 g/mol. The molecule has 0 amide bonds.